The van der Waals surface area contributed by atoms with E-state index in [-0.39, 0.29) is 0 Å². The minimum Gasteiger partial charge on any atom is -0.327 e. The number of rotatable bonds is 4. The summed E-state index contributed by atoms with van der Waals surface area (Å²) in [4.78, 5) is 4.62. The van der Waals surface area contributed by atoms with Gasteiger partial charge in [0.05, 0.1) is 33.6 Å². The number of hydrogen-bond donors (Lipinski definition) is 0. The van der Waals surface area contributed by atoms with E-state index in [4.69, 9.17) is 28.5 Å². The number of hydrogen-bond acceptors (Lipinski definition) is 2. The van der Waals surface area contributed by atoms with E-state index in [0.29, 0.717) is 28.9 Å². The van der Waals surface area contributed by atoms with Crippen LogP contribution in [0.1, 0.15) is 26.1 Å². The molecular formula is C14H15Cl2N3. The summed E-state index contributed by atoms with van der Waals surface area (Å²) in [6.45, 7) is 4.93. The van der Waals surface area contributed by atoms with Gasteiger partial charge in [0.2, 0.25) is 0 Å². The summed E-state index contributed by atoms with van der Waals surface area (Å²) in [5.74, 6) is 1.49. The third-order valence-electron chi connectivity index (χ3n) is 2.91. The normalized spacial score (nSPS) is 11.2. The maximum absolute atomic E-state index is 8.78. The van der Waals surface area contributed by atoms with Crippen molar-refractivity contribution in [1.82, 2.24) is 9.55 Å². The molecule has 2 rings (SSSR count). The number of fused-ring (bicyclic) bond motifs is 1. The van der Waals surface area contributed by atoms with Crippen LogP contribution in [0.3, 0.4) is 0 Å². The molecule has 0 saturated carbocycles. The Kier molecular flexibility index (Phi) is 4.34. The lowest BCUT2D eigenvalue weighted by Gasteiger charge is -2.09. The molecule has 1 aromatic heterocycles. The van der Waals surface area contributed by atoms with Crippen LogP contribution in [0.5, 0.6) is 0 Å². The second-order valence-corrected chi connectivity index (χ2v) is 5.76. The average molecular weight is 296 g/mol. The SMILES string of the molecule is CC(C)Cc1nc2cc(Cl)c(Cl)cc2n1CCC#N. The van der Waals surface area contributed by atoms with Gasteiger partial charge in [-0.05, 0) is 18.1 Å². The Bertz CT molecular complexity index is 638. The van der Waals surface area contributed by atoms with Crippen LogP contribution in [0.15, 0.2) is 12.1 Å². The summed E-state index contributed by atoms with van der Waals surface area (Å²) < 4.78 is 2.07. The zero-order valence-electron chi connectivity index (χ0n) is 11.0. The van der Waals surface area contributed by atoms with E-state index in [1.165, 1.54) is 0 Å². The molecule has 0 unspecified atom stereocenters. The van der Waals surface area contributed by atoms with Crippen LogP contribution in [0.25, 0.3) is 11.0 Å². The summed E-state index contributed by atoms with van der Waals surface area (Å²) in [6, 6.07) is 5.78. The summed E-state index contributed by atoms with van der Waals surface area (Å²) in [5.41, 5.74) is 1.78. The lowest BCUT2D eigenvalue weighted by molar-refractivity contribution is 0.582. The number of imidazole rings is 1. The summed E-state index contributed by atoms with van der Waals surface area (Å²) in [5, 5.41) is 9.80. The van der Waals surface area contributed by atoms with E-state index < -0.39 is 0 Å². The molecule has 1 heterocycles. The van der Waals surface area contributed by atoms with Crippen molar-refractivity contribution in [3.63, 3.8) is 0 Å². The van der Waals surface area contributed by atoms with Gasteiger partial charge in [0.1, 0.15) is 5.82 Å². The van der Waals surface area contributed by atoms with Crippen molar-refractivity contribution in [3.8, 4) is 6.07 Å². The van der Waals surface area contributed by atoms with Crippen molar-refractivity contribution in [2.45, 2.75) is 33.2 Å². The third-order valence-corrected chi connectivity index (χ3v) is 3.63. The molecule has 1 aromatic carbocycles. The highest BCUT2D eigenvalue weighted by Gasteiger charge is 2.13. The molecule has 0 N–H and O–H groups in total. The fourth-order valence-electron chi connectivity index (χ4n) is 2.10. The summed E-state index contributed by atoms with van der Waals surface area (Å²) >= 11 is 12.1. The molecule has 0 spiro atoms. The van der Waals surface area contributed by atoms with E-state index in [9.17, 15) is 0 Å². The standard InChI is InChI=1S/C14H15Cl2N3/c1-9(2)6-14-18-12-7-10(15)11(16)8-13(12)19(14)5-3-4-17/h7-9H,3,5-6H2,1-2H3. The van der Waals surface area contributed by atoms with Crippen molar-refractivity contribution < 1.29 is 0 Å². The van der Waals surface area contributed by atoms with Gasteiger partial charge in [-0.3, -0.25) is 0 Å². The Hall–Kier alpha value is -1.24. The fourth-order valence-corrected chi connectivity index (χ4v) is 2.42. The van der Waals surface area contributed by atoms with Crippen LogP contribution < -0.4 is 0 Å². The molecule has 0 amide bonds. The number of aryl methyl sites for hydroxylation is 1. The van der Waals surface area contributed by atoms with Crippen molar-refractivity contribution in [1.29, 1.82) is 5.26 Å². The summed E-state index contributed by atoms with van der Waals surface area (Å²) in [7, 11) is 0. The molecule has 0 atom stereocenters. The molecule has 0 aliphatic carbocycles. The molecule has 0 radical (unpaired) electrons. The molecule has 0 aliphatic heterocycles. The average Bonchev–Trinajstić information content (AvgIpc) is 2.63. The van der Waals surface area contributed by atoms with Crippen LogP contribution in [-0.4, -0.2) is 9.55 Å². The van der Waals surface area contributed by atoms with Crippen molar-refractivity contribution in [2.24, 2.45) is 5.92 Å². The largest absolute Gasteiger partial charge is 0.327 e. The van der Waals surface area contributed by atoms with Crippen molar-refractivity contribution in [2.75, 3.05) is 0 Å². The van der Waals surface area contributed by atoms with E-state index in [2.05, 4.69) is 29.5 Å². The molecule has 0 aliphatic rings. The lowest BCUT2D eigenvalue weighted by Crippen LogP contribution is -2.06. The van der Waals surface area contributed by atoms with Gasteiger partial charge in [0, 0.05) is 13.0 Å². The van der Waals surface area contributed by atoms with E-state index in [1.807, 2.05) is 6.07 Å². The highest BCUT2D eigenvalue weighted by atomic mass is 35.5. The van der Waals surface area contributed by atoms with Crippen LogP contribution >= 0.6 is 23.2 Å². The van der Waals surface area contributed by atoms with Gasteiger partial charge in [0.15, 0.2) is 0 Å². The number of aromatic nitrogens is 2. The Balaban J connectivity index is 2.56. The molecule has 0 bridgehead atoms. The maximum Gasteiger partial charge on any atom is 0.110 e. The van der Waals surface area contributed by atoms with Gasteiger partial charge >= 0.3 is 0 Å². The van der Waals surface area contributed by atoms with Crippen molar-refractivity contribution in [3.05, 3.63) is 28.0 Å². The minimum atomic E-state index is 0.455. The molecule has 19 heavy (non-hydrogen) atoms. The van der Waals surface area contributed by atoms with Crippen LogP contribution in [0.2, 0.25) is 10.0 Å². The predicted octanol–water partition coefficient (Wildman–Crippen LogP) is 4.46. The monoisotopic (exact) mass is 295 g/mol. The summed E-state index contributed by atoms with van der Waals surface area (Å²) in [6.07, 6.45) is 1.33. The molecule has 3 nitrogen and oxygen atoms in total. The lowest BCUT2D eigenvalue weighted by atomic mass is 10.1. The first kappa shape index (κ1) is 14.2. The first-order valence-corrected chi connectivity index (χ1v) is 6.99. The second kappa shape index (κ2) is 5.81. The van der Waals surface area contributed by atoms with Crippen LogP contribution in [0, 0.1) is 17.2 Å². The van der Waals surface area contributed by atoms with Crippen LogP contribution in [-0.2, 0) is 13.0 Å². The molecule has 0 fully saturated rings. The Morgan fingerprint density at radius 3 is 2.63 bits per heavy atom. The van der Waals surface area contributed by atoms with Gasteiger partial charge < -0.3 is 4.57 Å². The minimum absolute atomic E-state index is 0.455. The third kappa shape index (κ3) is 3.02. The van der Waals surface area contributed by atoms with Crippen molar-refractivity contribution >= 4 is 34.2 Å². The number of benzene rings is 1. The molecule has 2 aromatic rings. The zero-order chi connectivity index (χ0) is 14.0. The quantitative estimate of drug-likeness (QED) is 0.836. The van der Waals surface area contributed by atoms with Gasteiger partial charge in [-0.2, -0.15) is 5.26 Å². The zero-order valence-corrected chi connectivity index (χ0v) is 12.5. The first-order chi connectivity index (χ1) is 9.02. The maximum atomic E-state index is 8.78. The first-order valence-electron chi connectivity index (χ1n) is 6.24. The smallest absolute Gasteiger partial charge is 0.110 e. The Morgan fingerprint density at radius 2 is 2.00 bits per heavy atom. The van der Waals surface area contributed by atoms with E-state index in [1.54, 1.807) is 6.07 Å². The van der Waals surface area contributed by atoms with Gasteiger partial charge in [-0.1, -0.05) is 37.0 Å². The van der Waals surface area contributed by atoms with Gasteiger partial charge in [-0.25, -0.2) is 4.98 Å². The van der Waals surface area contributed by atoms with Crippen LogP contribution in [0.4, 0.5) is 0 Å². The number of nitrogens with zero attached hydrogens (tertiary/aromatic N) is 3. The molecule has 0 saturated heterocycles. The number of halogens is 2. The van der Waals surface area contributed by atoms with E-state index >= 15 is 0 Å². The second-order valence-electron chi connectivity index (χ2n) is 4.94. The Labute approximate surface area is 122 Å². The van der Waals surface area contributed by atoms with E-state index in [0.717, 1.165) is 23.3 Å². The van der Waals surface area contributed by atoms with Gasteiger partial charge in [-0.15, -0.1) is 0 Å². The molecule has 100 valence electrons. The highest BCUT2D eigenvalue weighted by molar-refractivity contribution is 6.42. The van der Waals surface area contributed by atoms with Gasteiger partial charge in [0.25, 0.3) is 0 Å². The predicted molar refractivity (Wildman–Crippen MR) is 78.5 cm³/mol. The topological polar surface area (TPSA) is 41.6 Å². The molecular weight excluding hydrogens is 281 g/mol. The molecule has 5 heteroatoms. The fraction of sp³-hybridized carbons (Fsp3) is 0.429. The highest BCUT2D eigenvalue weighted by Crippen LogP contribution is 2.29. The Morgan fingerprint density at radius 1 is 1.32 bits per heavy atom. The number of nitriles is 1.